The number of halogens is 1. The summed E-state index contributed by atoms with van der Waals surface area (Å²) in [6.45, 7) is 4.64. The zero-order valence-corrected chi connectivity index (χ0v) is 10.1. The van der Waals surface area contributed by atoms with Gasteiger partial charge in [-0.3, -0.25) is 0 Å². The predicted octanol–water partition coefficient (Wildman–Crippen LogP) is 3.40. The van der Waals surface area contributed by atoms with Gasteiger partial charge in [0.1, 0.15) is 0 Å². The van der Waals surface area contributed by atoms with E-state index in [1.807, 2.05) is 0 Å². The van der Waals surface area contributed by atoms with E-state index in [1.165, 1.54) is 24.2 Å². The Morgan fingerprint density at radius 2 is 2.21 bits per heavy atom. The molecule has 14 heavy (non-hydrogen) atoms. The first kappa shape index (κ1) is 10.0. The van der Waals surface area contributed by atoms with Crippen LogP contribution in [0.4, 0.5) is 5.69 Å². The minimum Gasteiger partial charge on any atom is -0.370 e. The van der Waals surface area contributed by atoms with E-state index in [4.69, 9.17) is 0 Å². The Bertz CT molecular complexity index is 311. The molecule has 0 spiro atoms. The van der Waals surface area contributed by atoms with Crippen LogP contribution in [0.15, 0.2) is 24.3 Å². The smallest absolute Gasteiger partial charge is 0.0401 e. The van der Waals surface area contributed by atoms with Crippen molar-refractivity contribution >= 4 is 21.6 Å². The molecule has 1 aromatic carbocycles. The highest BCUT2D eigenvalue weighted by Crippen LogP contribution is 2.34. The molecule has 1 aliphatic rings. The lowest BCUT2D eigenvalue weighted by molar-refractivity contribution is 0.620. The molecule has 1 atom stereocenters. The molecule has 2 rings (SSSR count). The third kappa shape index (κ3) is 1.81. The van der Waals surface area contributed by atoms with Gasteiger partial charge in [0.25, 0.3) is 0 Å². The Morgan fingerprint density at radius 3 is 3.00 bits per heavy atom. The largest absolute Gasteiger partial charge is 0.370 e. The van der Waals surface area contributed by atoms with Crippen molar-refractivity contribution in [3.05, 3.63) is 29.8 Å². The fourth-order valence-corrected chi connectivity index (χ4v) is 2.58. The van der Waals surface area contributed by atoms with Crippen LogP contribution in [0.1, 0.15) is 24.8 Å². The van der Waals surface area contributed by atoms with Gasteiger partial charge in [-0.25, -0.2) is 0 Å². The second-order valence-corrected chi connectivity index (χ2v) is 4.72. The molecule has 0 saturated heterocycles. The summed E-state index contributed by atoms with van der Waals surface area (Å²) >= 11 is 3.51. The number of alkyl halides is 1. The van der Waals surface area contributed by atoms with Crippen LogP contribution < -0.4 is 4.90 Å². The third-order valence-corrected chi connectivity index (χ3v) is 3.35. The highest BCUT2D eigenvalue weighted by atomic mass is 79.9. The molecule has 0 N–H and O–H groups in total. The number of fused-ring (bicyclic) bond motifs is 1. The van der Waals surface area contributed by atoms with Crippen LogP contribution in [-0.4, -0.2) is 18.4 Å². The third-order valence-electron chi connectivity index (χ3n) is 2.99. The first-order valence-corrected chi connectivity index (χ1v) is 6.35. The first-order chi connectivity index (χ1) is 6.83. The summed E-state index contributed by atoms with van der Waals surface area (Å²) in [6.07, 6.45) is 1.28. The van der Waals surface area contributed by atoms with Gasteiger partial charge in [0.05, 0.1) is 0 Å². The fourth-order valence-electron chi connectivity index (χ4n) is 2.15. The Labute approximate surface area is 94.2 Å². The Hall–Kier alpha value is -0.500. The second-order valence-electron chi connectivity index (χ2n) is 3.92. The van der Waals surface area contributed by atoms with Gasteiger partial charge >= 0.3 is 0 Å². The summed E-state index contributed by atoms with van der Waals surface area (Å²) < 4.78 is 0. The fraction of sp³-hybridized carbons (Fsp3) is 0.500. The number of nitrogens with zero attached hydrogens (tertiary/aromatic N) is 1. The van der Waals surface area contributed by atoms with Gasteiger partial charge in [0.15, 0.2) is 0 Å². The monoisotopic (exact) mass is 253 g/mol. The molecule has 0 bridgehead atoms. The van der Waals surface area contributed by atoms with Crippen LogP contribution in [0.5, 0.6) is 0 Å². The molecule has 2 heteroatoms. The highest BCUT2D eigenvalue weighted by Gasteiger charge is 2.20. The van der Waals surface area contributed by atoms with E-state index in [9.17, 15) is 0 Å². The summed E-state index contributed by atoms with van der Waals surface area (Å²) in [6, 6.07) is 8.79. The number of hydrogen-bond donors (Lipinski definition) is 0. The van der Waals surface area contributed by atoms with Crippen LogP contribution in [0.3, 0.4) is 0 Å². The Morgan fingerprint density at radius 1 is 1.43 bits per heavy atom. The van der Waals surface area contributed by atoms with Crippen LogP contribution in [0, 0.1) is 0 Å². The lowest BCUT2D eigenvalue weighted by Crippen LogP contribution is -2.32. The molecule has 0 radical (unpaired) electrons. The molecule has 0 saturated carbocycles. The maximum absolute atomic E-state index is 3.51. The average molecular weight is 254 g/mol. The van der Waals surface area contributed by atoms with E-state index in [2.05, 4.69) is 52.0 Å². The van der Waals surface area contributed by atoms with Gasteiger partial charge in [-0.15, -0.1) is 0 Å². The van der Waals surface area contributed by atoms with Gasteiger partial charge in [0, 0.05) is 24.1 Å². The quantitative estimate of drug-likeness (QED) is 0.731. The van der Waals surface area contributed by atoms with Crippen molar-refractivity contribution in [2.24, 2.45) is 0 Å². The van der Waals surface area contributed by atoms with Crippen molar-refractivity contribution < 1.29 is 0 Å². The lowest BCUT2D eigenvalue weighted by atomic mass is 9.92. The molecule has 1 unspecified atom stereocenters. The molecule has 1 nitrogen and oxygen atoms in total. The molecular weight excluding hydrogens is 238 g/mol. The van der Waals surface area contributed by atoms with Gasteiger partial charge in [-0.1, -0.05) is 41.1 Å². The molecule has 0 aromatic heterocycles. The van der Waals surface area contributed by atoms with E-state index >= 15 is 0 Å². The topological polar surface area (TPSA) is 3.24 Å². The number of hydrogen-bond acceptors (Lipinski definition) is 1. The number of rotatable bonds is 2. The van der Waals surface area contributed by atoms with Crippen LogP contribution in [-0.2, 0) is 0 Å². The van der Waals surface area contributed by atoms with Crippen molar-refractivity contribution in [1.82, 2.24) is 0 Å². The molecule has 0 amide bonds. The number of anilines is 1. The Kier molecular flexibility index (Phi) is 3.12. The van der Waals surface area contributed by atoms with E-state index in [-0.39, 0.29) is 0 Å². The molecule has 76 valence electrons. The van der Waals surface area contributed by atoms with E-state index in [0.717, 1.165) is 17.8 Å². The Balaban J connectivity index is 2.31. The van der Waals surface area contributed by atoms with Crippen molar-refractivity contribution in [3.63, 3.8) is 0 Å². The summed E-state index contributed by atoms with van der Waals surface area (Å²) in [4.78, 5) is 2.48. The maximum Gasteiger partial charge on any atom is 0.0401 e. The van der Waals surface area contributed by atoms with Crippen LogP contribution in [0.25, 0.3) is 0 Å². The summed E-state index contributed by atoms with van der Waals surface area (Å²) in [7, 11) is 0. The van der Waals surface area contributed by atoms with Crippen molar-refractivity contribution in [2.75, 3.05) is 23.3 Å². The number of para-hydroxylation sites is 1. The predicted molar refractivity (Wildman–Crippen MR) is 65.5 cm³/mol. The summed E-state index contributed by atoms with van der Waals surface area (Å²) in [5.74, 6) is 0.720. The minimum absolute atomic E-state index is 0.720. The van der Waals surface area contributed by atoms with E-state index in [1.54, 1.807) is 0 Å². The highest BCUT2D eigenvalue weighted by molar-refractivity contribution is 9.09. The maximum atomic E-state index is 3.51. The molecule has 1 aliphatic heterocycles. The first-order valence-electron chi connectivity index (χ1n) is 5.22. The van der Waals surface area contributed by atoms with Crippen molar-refractivity contribution in [1.29, 1.82) is 0 Å². The van der Waals surface area contributed by atoms with E-state index in [0.29, 0.717) is 0 Å². The molecule has 0 fully saturated rings. The molecule has 0 aliphatic carbocycles. The molecular formula is C12H16BrN. The normalized spacial score (nSPS) is 20.7. The lowest BCUT2D eigenvalue weighted by Gasteiger charge is -2.34. The number of benzene rings is 1. The second kappa shape index (κ2) is 4.35. The SMILES string of the molecule is CC1CCN(CCBr)c2ccccc21. The van der Waals surface area contributed by atoms with Gasteiger partial charge in [0.2, 0.25) is 0 Å². The summed E-state index contributed by atoms with van der Waals surface area (Å²) in [5, 5.41) is 1.05. The zero-order valence-electron chi connectivity index (χ0n) is 8.54. The van der Waals surface area contributed by atoms with Gasteiger partial charge < -0.3 is 4.90 Å². The standard InChI is InChI=1S/C12H16BrN/c1-10-6-8-14(9-7-13)12-5-3-2-4-11(10)12/h2-5,10H,6-9H2,1H3. The van der Waals surface area contributed by atoms with Crippen LogP contribution in [0.2, 0.25) is 0 Å². The molecule has 1 heterocycles. The minimum atomic E-state index is 0.720. The summed E-state index contributed by atoms with van der Waals surface area (Å²) in [5.41, 5.74) is 2.95. The van der Waals surface area contributed by atoms with E-state index < -0.39 is 0 Å². The van der Waals surface area contributed by atoms with Gasteiger partial charge in [-0.05, 0) is 24.0 Å². The molecule has 1 aromatic rings. The van der Waals surface area contributed by atoms with Crippen LogP contribution >= 0.6 is 15.9 Å². The van der Waals surface area contributed by atoms with Crippen molar-refractivity contribution in [3.8, 4) is 0 Å². The zero-order chi connectivity index (χ0) is 9.97. The van der Waals surface area contributed by atoms with Gasteiger partial charge in [-0.2, -0.15) is 0 Å². The average Bonchev–Trinajstić information content (AvgIpc) is 2.23. The van der Waals surface area contributed by atoms with Crippen molar-refractivity contribution in [2.45, 2.75) is 19.3 Å².